The second-order valence-corrected chi connectivity index (χ2v) is 6.40. The number of amides is 1. The fourth-order valence-electron chi connectivity index (χ4n) is 2.41. The van der Waals surface area contributed by atoms with Gasteiger partial charge in [0.25, 0.3) is 5.91 Å². The number of carbonyl (C=O) groups is 2. The summed E-state index contributed by atoms with van der Waals surface area (Å²) >= 11 is 3.38. The maximum atomic E-state index is 12.5. The Labute approximate surface area is 152 Å². The summed E-state index contributed by atoms with van der Waals surface area (Å²) in [6.07, 6.45) is 0. The number of carboxylic acid groups (broad SMARTS) is 1. The van der Waals surface area contributed by atoms with Gasteiger partial charge in [0.1, 0.15) is 5.76 Å². The minimum Gasteiger partial charge on any atom is -0.475 e. The SMILES string of the molecule is Cc1cccc(C(=O)Nc2cc(Br)ccc2-c2ccc(C(=O)O)o2)c1. The van der Waals surface area contributed by atoms with Gasteiger partial charge in [-0.25, -0.2) is 4.79 Å². The van der Waals surface area contributed by atoms with Crippen molar-refractivity contribution >= 4 is 33.5 Å². The lowest BCUT2D eigenvalue weighted by atomic mass is 10.1. The molecule has 2 N–H and O–H groups in total. The highest BCUT2D eigenvalue weighted by atomic mass is 79.9. The van der Waals surface area contributed by atoms with E-state index in [0.29, 0.717) is 22.6 Å². The third kappa shape index (κ3) is 3.80. The van der Waals surface area contributed by atoms with Crippen LogP contribution >= 0.6 is 15.9 Å². The van der Waals surface area contributed by atoms with E-state index >= 15 is 0 Å². The summed E-state index contributed by atoms with van der Waals surface area (Å²) in [5.41, 5.74) is 2.64. The predicted octanol–water partition coefficient (Wildman–Crippen LogP) is 4.97. The van der Waals surface area contributed by atoms with E-state index < -0.39 is 5.97 Å². The van der Waals surface area contributed by atoms with E-state index in [1.165, 1.54) is 6.07 Å². The molecule has 1 aromatic heterocycles. The van der Waals surface area contributed by atoms with E-state index in [-0.39, 0.29) is 11.7 Å². The van der Waals surface area contributed by atoms with E-state index in [9.17, 15) is 9.59 Å². The van der Waals surface area contributed by atoms with Crippen LogP contribution in [0.3, 0.4) is 0 Å². The second kappa shape index (κ2) is 6.94. The summed E-state index contributed by atoms with van der Waals surface area (Å²) in [5.74, 6) is -1.19. The van der Waals surface area contributed by atoms with Gasteiger partial charge in [0, 0.05) is 15.6 Å². The summed E-state index contributed by atoms with van der Waals surface area (Å²) in [5, 5.41) is 11.9. The van der Waals surface area contributed by atoms with Crippen LogP contribution in [0, 0.1) is 6.92 Å². The van der Waals surface area contributed by atoms with Crippen molar-refractivity contribution in [1.82, 2.24) is 0 Å². The third-order valence-corrected chi connectivity index (χ3v) is 4.09. The number of halogens is 1. The van der Waals surface area contributed by atoms with Gasteiger partial charge in [0.15, 0.2) is 0 Å². The van der Waals surface area contributed by atoms with Crippen molar-refractivity contribution in [2.24, 2.45) is 0 Å². The van der Waals surface area contributed by atoms with Crippen molar-refractivity contribution in [3.63, 3.8) is 0 Å². The van der Waals surface area contributed by atoms with Gasteiger partial charge in [-0.3, -0.25) is 4.79 Å². The fourth-order valence-corrected chi connectivity index (χ4v) is 2.77. The molecule has 1 amide bonds. The Morgan fingerprint density at radius 1 is 1.08 bits per heavy atom. The molecule has 3 aromatic rings. The Morgan fingerprint density at radius 2 is 1.88 bits per heavy atom. The largest absolute Gasteiger partial charge is 0.475 e. The van der Waals surface area contributed by atoms with Crippen LogP contribution in [0.25, 0.3) is 11.3 Å². The zero-order chi connectivity index (χ0) is 18.0. The van der Waals surface area contributed by atoms with Gasteiger partial charge in [0.2, 0.25) is 5.76 Å². The average Bonchev–Trinajstić information content (AvgIpc) is 3.05. The zero-order valence-corrected chi connectivity index (χ0v) is 14.8. The summed E-state index contributed by atoms with van der Waals surface area (Å²) in [4.78, 5) is 23.5. The molecule has 0 saturated carbocycles. The number of carboxylic acids is 1. The molecule has 0 spiro atoms. The van der Waals surface area contributed by atoms with Gasteiger partial charge in [-0.1, -0.05) is 33.6 Å². The van der Waals surface area contributed by atoms with Crippen molar-refractivity contribution in [3.05, 3.63) is 76.0 Å². The lowest BCUT2D eigenvalue weighted by Crippen LogP contribution is -2.12. The highest BCUT2D eigenvalue weighted by molar-refractivity contribution is 9.10. The Balaban J connectivity index is 1.96. The molecule has 0 saturated heterocycles. The van der Waals surface area contributed by atoms with Crippen LogP contribution in [0.1, 0.15) is 26.5 Å². The molecule has 3 rings (SSSR count). The molecule has 0 aliphatic rings. The molecule has 0 aliphatic carbocycles. The number of anilines is 1. The standard InChI is InChI=1S/C19H14BrNO4/c1-11-3-2-4-12(9-11)18(22)21-15-10-13(20)5-6-14(15)16-7-8-17(25-16)19(23)24/h2-10H,1H3,(H,21,22)(H,23,24). The molecule has 0 atom stereocenters. The highest BCUT2D eigenvalue weighted by Crippen LogP contribution is 2.32. The molecule has 0 bridgehead atoms. The first kappa shape index (κ1) is 17.0. The number of benzene rings is 2. The summed E-state index contributed by atoms with van der Waals surface area (Å²) in [6, 6.07) is 15.5. The van der Waals surface area contributed by atoms with Crippen molar-refractivity contribution in [1.29, 1.82) is 0 Å². The van der Waals surface area contributed by atoms with Gasteiger partial charge < -0.3 is 14.8 Å². The summed E-state index contributed by atoms with van der Waals surface area (Å²) in [7, 11) is 0. The molecule has 0 fully saturated rings. The molecule has 6 heteroatoms. The van der Waals surface area contributed by atoms with E-state index in [2.05, 4.69) is 21.2 Å². The van der Waals surface area contributed by atoms with Gasteiger partial charge in [-0.2, -0.15) is 0 Å². The minimum atomic E-state index is -1.14. The summed E-state index contributed by atoms with van der Waals surface area (Å²) < 4.78 is 6.13. The number of rotatable bonds is 4. The first-order valence-corrected chi connectivity index (χ1v) is 8.24. The van der Waals surface area contributed by atoms with Crippen LogP contribution < -0.4 is 5.32 Å². The maximum absolute atomic E-state index is 12.5. The van der Waals surface area contributed by atoms with Crippen LogP contribution in [0.15, 0.2) is 63.5 Å². The average molecular weight is 400 g/mol. The molecular weight excluding hydrogens is 386 g/mol. The second-order valence-electron chi connectivity index (χ2n) is 5.48. The highest BCUT2D eigenvalue weighted by Gasteiger charge is 2.16. The van der Waals surface area contributed by atoms with E-state index in [4.69, 9.17) is 9.52 Å². The maximum Gasteiger partial charge on any atom is 0.371 e. The number of furan rings is 1. The van der Waals surface area contributed by atoms with Crippen LogP contribution in [0.5, 0.6) is 0 Å². The summed E-state index contributed by atoms with van der Waals surface area (Å²) in [6.45, 7) is 1.91. The monoisotopic (exact) mass is 399 g/mol. The van der Waals surface area contributed by atoms with Crippen molar-refractivity contribution in [2.45, 2.75) is 6.92 Å². The fraction of sp³-hybridized carbons (Fsp3) is 0.0526. The Kier molecular flexibility index (Phi) is 4.72. The quantitative estimate of drug-likeness (QED) is 0.648. The molecule has 5 nitrogen and oxygen atoms in total. The Morgan fingerprint density at radius 3 is 2.56 bits per heavy atom. The smallest absolute Gasteiger partial charge is 0.371 e. The third-order valence-electron chi connectivity index (χ3n) is 3.59. The van der Waals surface area contributed by atoms with Crippen LogP contribution in [0.4, 0.5) is 5.69 Å². The van der Waals surface area contributed by atoms with Gasteiger partial charge >= 0.3 is 5.97 Å². The van der Waals surface area contributed by atoms with Crippen LogP contribution in [-0.4, -0.2) is 17.0 Å². The number of hydrogen-bond acceptors (Lipinski definition) is 3. The molecule has 126 valence electrons. The predicted molar refractivity (Wildman–Crippen MR) is 97.9 cm³/mol. The number of hydrogen-bond donors (Lipinski definition) is 2. The van der Waals surface area contributed by atoms with E-state index in [1.807, 2.05) is 19.1 Å². The van der Waals surface area contributed by atoms with Gasteiger partial charge in [-0.05, 0) is 49.4 Å². The lowest BCUT2D eigenvalue weighted by molar-refractivity contribution is 0.0663. The number of aryl methyl sites for hydroxylation is 1. The Hall–Kier alpha value is -2.86. The minimum absolute atomic E-state index is 0.158. The number of nitrogens with one attached hydrogen (secondary N) is 1. The van der Waals surface area contributed by atoms with Gasteiger partial charge in [-0.15, -0.1) is 0 Å². The number of carbonyl (C=O) groups excluding carboxylic acids is 1. The molecule has 0 unspecified atom stereocenters. The molecular formula is C19H14BrNO4. The van der Waals surface area contributed by atoms with Crippen LogP contribution in [-0.2, 0) is 0 Å². The van der Waals surface area contributed by atoms with E-state index in [0.717, 1.165) is 10.0 Å². The van der Waals surface area contributed by atoms with Gasteiger partial charge in [0.05, 0.1) is 5.69 Å². The Bertz CT molecular complexity index is 962. The van der Waals surface area contributed by atoms with Crippen molar-refractivity contribution in [3.8, 4) is 11.3 Å². The van der Waals surface area contributed by atoms with E-state index in [1.54, 1.807) is 36.4 Å². The lowest BCUT2D eigenvalue weighted by Gasteiger charge is -2.11. The van der Waals surface area contributed by atoms with Crippen molar-refractivity contribution < 1.29 is 19.1 Å². The van der Waals surface area contributed by atoms with Crippen LogP contribution in [0.2, 0.25) is 0 Å². The molecule has 1 heterocycles. The molecule has 0 radical (unpaired) electrons. The topological polar surface area (TPSA) is 79.5 Å². The normalized spacial score (nSPS) is 10.5. The molecule has 25 heavy (non-hydrogen) atoms. The zero-order valence-electron chi connectivity index (χ0n) is 13.2. The first-order valence-electron chi connectivity index (χ1n) is 7.45. The molecule has 2 aromatic carbocycles. The number of aromatic carboxylic acids is 1. The molecule has 0 aliphatic heterocycles. The first-order chi connectivity index (χ1) is 11.9. The van der Waals surface area contributed by atoms with Crippen molar-refractivity contribution in [2.75, 3.05) is 5.32 Å².